The summed E-state index contributed by atoms with van der Waals surface area (Å²) < 4.78 is 0. The molecule has 3 amide bonds. The molecule has 0 unspecified atom stereocenters. The van der Waals surface area contributed by atoms with Crippen LogP contribution in [0, 0.1) is 0 Å². The highest BCUT2D eigenvalue weighted by Gasteiger charge is 2.40. The number of hydrogen-bond acceptors (Lipinski definition) is 4. The van der Waals surface area contributed by atoms with Crippen LogP contribution >= 0.6 is 11.6 Å². The van der Waals surface area contributed by atoms with Crippen molar-refractivity contribution in [2.45, 2.75) is 39.2 Å². The predicted octanol–water partition coefficient (Wildman–Crippen LogP) is 4.17. The summed E-state index contributed by atoms with van der Waals surface area (Å²) in [5.74, 6) is -0.503. The number of nitrogens with one attached hydrogen (secondary N) is 1. The third-order valence-corrected chi connectivity index (χ3v) is 6.57. The second-order valence-corrected chi connectivity index (χ2v) is 8.81. The van der Waals surface area contributed by atoms with Crippen LogP contribution in [0.5, 0.6) is 0 Å². The minimum absolute atomic E-state index is 0.0839. The summed E-state index contributed by atoms with van der Waals surface area (Å²) in [6, 6.07) is 12.1. The highest BCUT2D eigenvalue weighted by Crippen LogP contribution is 2.40. The molecule has 0 saturated carbocycles. The van der Waals surface area contributed by atoms with Gasteiger partial charge in [-0.15, -0.1) is 0 Å². The van der Waals surface area contributed by atoms with E-state index in [4.69, 9.17) is 11.6 Å². The maximum absolute atomic E-state index is 13.5. The Kier molecular flexibility index (Phi) is 6.88. The first-order valence-corrected chi connectivity index (χ1v) is 11.9. The molecule has 1 N–H and O–H groups in total. The lowest BCUT2D eigenvalue weighted by molar-refractivity contribution is -0.123. The summed E-state index contributed by atoms with van der Waals surface area (Å²) in [6.45, 7) is 5.74. The van der Waals surface area contributed by atoms with E-state index < -0.39 is 0 Å². The second kappa shape index (κ2) is 9.83. The molecule has 0 aliphatic carbocycles. The zero-order chi connectivity index (χ0) is 23.5. The number of nitrogens with zero attached hydrogens (tertiary/aromatic N) is 3. The van der Waals surface area contributed by atoms with Crippen LogP contribution in [0.25, 0.3) is 0 Å². The fraction of sp³-hybridized carbons (Fsp3) is 0.400. The van der Waals surface area contributed by atoms with Crippen molar-refractivity contribution in [3.05, 3.63) is 53.1 Å². The molecule has 2 aromatic carbocycles. The number of benzene rings is 2. The molecule has 2 aliphatic heterocycles. The van der Waals surface area contributed by atoms with E-state index in [2.05, 4.69) is 10.2 Å². The zero-order valence-electron chi connectivity index (χ0n) is 19.0. The minimum atomic E-state index is -0.318. The molecule has 0 bridgehead atoms. The van der Waals surface area contributed by atoms with Crippen LogP contribution in [0.15, 0.2) is 42.5 Å². The Balaban J connectivity index is 1.67. The molecule has 0 aromatic heterocycles. The molecule has 2 heterocycles. The Morgan fingerprint density at radius 2 is 1.88 bits per heavy atom. The van der Waals surface area contributed by atoms with Crippen LogP contribution < -0.4 is 15.1 Å². The number of halogens is 1. The van der Waals surface area contributed by atoms with Gasteiger partial charge in [0.15, 0.2) is 0 Å². The first kappa shape index (κ1) is 23.1. The smallest absolute Gasteiger partial charge is 0.253 e. The molecule has 1 fully saturated rings. The number of piperidine rings is 1. The minimum Gasteiger partial charge on any atom is -0.358 e. The largest absolute Gasteiger partial charge is 0.358 e. The van der Waals surface area contributed by atoms with Gasteiger partial charge in [-0.2, -0.15) is 0 Å². The van der Waals surface area contributed by atoms with E-state index in [1.165, 1.54) is 4.90 Å². The number of rotatable bonds is 6. The van der Waals surface area contributed by atoms with Crippen LogP contribution in [0.1, 0.15) is 43.5 Å². The van der Waals surface area contributed by atoms with Crippen molar-refractivity contribution in [2.24, 2.45) is 0 Å². The summed E-state index contributed by atoms with van der Waals surface area (Å²) in [7, 11) is 0. The molecule has 174 valence electrons. The normalized spacial score (nSPS) is 17.3. The van der Waals surface area contributed by atoms with Crippen LogP contribution in [0.2, 0.25) is 5.02 Å². The van der Waals surface area contributed by atoms with Gasteiger partial charge in [0, 0.05) is 35.9 Å². The molecule has 33 heavy (non-hydrogen) atoms. The monoisotopic (exact) mass is 468 g/mol. The standard InChI is InChI=1S/C25H29ClN4O3/c1-3-28(4-2)24(32)17-11-12-20-22(14-17)30(25(33)21-10-5-6-13-29(20)21)16-23(31)27-19-9-7-8-18(26)15-19/h7-9,11-12,14-15,21H,3-6,10,13,16H2,1-2H3,(H,27,31)/t21-/m1/s1. The maximum Gasteiger partial charge on any atom is 0.253 e. The van der Waals surface area contributed by atoms with Gasteiger partial charge in [-0.25, -0.2) is 0 Å². The topological polar surface area (TPSA) is 73.0 Å². The molecule has 1 saturated heterocycles. The van der Waals surface area contributed by atoms with Crippen molar-refractivity contribution in [1.29, 1.82) is 0 Å². The summed E-state index contributed by atoms with van der Waals surface area (Å²) in [6.07, 6.45) is 2.74. The second-order valence-electron chi connectivity index (χ2n) is 8.37. The van der Waals surface area contributed by atoms with Gasteiger partial charge in [0.1, 0.15) is 12.6 Å². The van der Waals surface area contributed by atoms with E-state index in [-0.39, 0.29) is 30.3 Å². The molecule has 1 atom stereocenters. The van der Waals surface area contributed by atoms with Gasteiger partial charge >= 0.3 is 0 Å². The van der Waals surface area contributed by atoms with Crippen molar-refractivity contribution in [1.82, 2.24) is 4.90 Å². The Labute approximate surface area is 199 Å². The van der Waals surface area contributed by atoms with Crippen molar-refractivity contribution in [2.75, 3.05) is 41.3 Å². The van der Waals surface area contributed by atoms with E-state index >= 15 is 0 Å². The Hall–Kier alpha value is -3.06. The lowest BCUT2D eigenvalue weighted by Gasteiger charge is -2.45. The SMILES string of the molecule is CCN(CC)C(=O)c1ccc2c(c1)N(CC(=O)Nc1cccc(Cl)c1)C(=O)[C@H]1CCCCN21. The fourth-order valence-electron chi connectivity index (χ4n) is 4.66. The van der Waals surface area contributed by atoms with E-state index in [1.54, 1.807) is 35.2 Å². The van der Waals surface area contributed by atoms with Crippen molar-refractivity contribution in [3.8, 4) is 0 Å². The first-order chi connectivity index (χ1) is 15.9. The lowest BCUT2D eigenvalue weighted by atomic mass is 9.95. The summed E-state index contributed by atoms with van der Waals surface area (Å²) in [4.78, 5) is 44.7. The molecular formula is C25H29ClN4O3. The van der Waals surface area contributed by atoms with Crippen LogP contribution in [-0.4, -0.2) is 54.8 Å². The Morgan fingerprint density at radius 3 is 2.61 bits per heavy atom. The van der Waals surface area contributed by atoms with Crippen molar-refractivity contribution in [3.63, 3.8) is 0 Å². The van der Waals surface area contributed by atoms with Crippen LogP contribution in [0.4, 0.5) is 17.1 Å². The molecule has 2 aromatic rings. The van der Waals surface area contributed by atoms with Gasteiger partial charge in [0.05, 0.1) is 11.4 Å². The average Bonchev–Trinajstić information content (AvgIpc) is 2.82. The van der Waals surface area contributed by atoms with Crippen molar-refractivity contribution < 1.29 is 14.4 Å². The van der Waals surface area contributed by atoms with E-state index in [0.29, 0.717) is 35.1 Å². The van der Waals surface area contributed by atoms with Gasteiger partial charge in [0.25, 0.3) is 5.91 Å². The average molecular weight is 469 g/mol. The van der Waals surface area contributed by atoms with Crippen LogP contribution in [0.3, 0.4) is 0 Å². The van der Waals surface area contributed by atoms with E-state index in [1.807, 2.05) is 26.0 Å². The molecule has 8 heteroatoms. The van der Waals surface area contributed by atoms with Gasteiger partial charge in [-0.3, -0.25) is 19.3 Å². The Morgan fingerprint density at radius 1 is 1.09 bits per heavy atom. The summed E-state index contributed by atoms with van der Waals surface area (Å²) in [5.41, 5.74) is 2.59. The fourth-order valence-corrected chi connectivity index (χ4v) is 4.85. The Bertz CT molecular complexity index is 1070. The number of anilines is 3. The predicted molar refractivity (Wildman–Crippen MR) is 131 cm³/mol. The number of fused-ring (bicyclic) bond motifs is 3. The molecule has 4 rings (SSSR count). The molecular weight excluding hydrogens is 440 g/mol. The third-order valence-electron chi connectivity index (χ3n) is 6.34. The van der Waals surface area contributed by atoms with Crippen molar-refractivity contribution >= 4 is 46.4 Å². The van der Waals surface area contributed by atoms with E-state index in [9.17, 15) is 14.4 Å². The number of carbonyl (C=O) groups excluding carboxylic acids is 3. The molecule has 0 radical (unpaired) electrons. The zero-order valence-corrected chi connectivity index (χ0v) is 19.8. The van der Waals surface area contributed by atoms with Gasteiger partial charge in [0.2, 0.25) is 11.8 Å². The highest BCUT2D eigenvalue weighted by molar-refractivity contribution is 6.30. The molecule has 7 nitrogen and oxygen atoms in total. The highest BCUT2D eigenvalue weighted by atomic mass is 35.5. The summed E-state index contributed by atoms with van der Waals surface area (Å²) in [5, 5.41) is 3.34. The maximum atomic E-state index is 13.5. The van der Waals surface area contributed by atoms with Crippen LogP contribution in [-0.2, 0) is 9.59 Å². The third kappa shape index (κ3) is 4.69. The number of hydrogen-bond donors (Lipinski definition) is 1. The van der Waals surface area contributed by atoms with Gasteiger partial charge in [-0.05, 0) is 69.5 Å². The molecule has 2 aliphatic rings. The summed E-state index contributed by atoms with van der Waals surface area (Å²) >= 11 is 6.03. The number of carbonyl (C=O) groups is 3. The molecule has 0 spiro atoms. The number of amides is 3. The van der Waals surface area contributed by atoms with E-state index in [0.717, 1.165) is 31.5 Å². The first-order valence-electron chi connectivity index (χ1n) is 11.5. The van der Waals surface area contributed by atoms with Gasteiger partial charge < -0.3 is 15.1 Å². The quantitative estimate of drug-likeness (QED) is 0.690. The lowest BCUT2D eigenvalue weighted by Crippen LogP contribution is -2.56. The van der Waals surface area contributed by atoms with Gasteiger partial charge in [-0.1, -0.05) is 17.7 Å².